The van der Waals surface area contributed by atoms with Crippen molar-refractivity contribution in [2.24, 2.45) is 5.73 Å². The molecule has 1 aromatic carbocycles. The zero-order chi connectivity index (χ0) is 15.4. The molecular formula is C17H23N5. The van der Waals surface area contributed by atoms with E-state index in [4.69, 9.17) is 5.73 Å². The van der Waals surface area contributed by atoms with Crippen molar-refractivity contribution in [3.63, 3.8) is 0 Å². The minimum absolute atomic E-state index is 0.100. The van der Waals surface area contributed by atoms with E-state index in [-0.39, 0.29) is 6.04 Å². The molecule has 0 amide bonds. The number of rotatable bonds is 4. The maximum atomic E-state index is 5.89. The lowest BCUT2D eigenvalue weighted by Crippen LogP contribution is -2.46. The fourth-order valence-corrected chi connectivity index (χ4v) is 2.75. The predicted molar refractivity (Wildman–Crippen MR) is 88.6 cm³/mol. The molecule has 116 valence electrons. The van der Waals surface area contributed by atoms with E-state index in [9.17, 15) is 0 Å². The molecule has 1 fully saturated rings. The molecule has 2 aromatic rings. The van der Waals surface area contributed by atoms with Crippen LogP contribution in [-0.4, -0.2) is 41.0 Å². The highest BCUT2D eigenvalue weighted by Crippen LogP contribution is 2.15. The largest absolute Gasteiger partial charge is 0.338 e. The van der Waals surface area contributed by atoms with Crippen molar-refractivity contribution < 1.29 is 0 Å². The van der Waals surface area contributed by atoms with Crippen LogP contribution in [0.15, 0.2) is 42.7 Å². The van der Waals surface area contributed by atoms with Gasteiger partial charge in [-0.3, -0.25) is 4.90 Å². The Labute approximate surface area is 131 Å². The van der Waals surface area contributed by atoms with Gasteiger partial charge < -0.3 is 10.6 Å². The van der Waals surface area contributed by atoms with Crippen molar-refractivity contribution >= 4 is 5.95 Å². The van der Waals surface area contributed by atoms with Gasteiger partial charge in [-0.2, -0.15) is 0 Å². The summed E-state index contributed by atoms with van der Waals surface area (Å²) in [5, 5.41) is 0. The molecule has 5 heteroatoms. The van der Waals surface area contributed by atoms with Crippen LogP contribution < -0.4 is 10.6 Å². The zero-order valence-electron chi connectivity index (χ0n) is 13.0. The zero-order valence-corrected chi connectivity index (χ0v) is 13.0. The monoisotopic (exact) mass is 297 g/mol. The molecule has 0 spiro atoms. The van der Waals surface area contributed by atoms with Gasteiger partial charge in [0.25, 0.3) is 0 Å². The molecule has 22 heavy (non-hydrogen) atoms. The quantitative estimate of drug-likeness (QED) is 0.933. The molecule has 0 aliphatic carbocycles. The Hall–Kier alpha value is -1.98. The Bertz CT molecular complexity index is 574. The average Bonchev–Trinajstić information content (AvgIpc) is 2.57. The Morgan fingerprint density at radius 2 is 1.68 bits per heavy atom. The molecule has 2 heterocycles. The summed E-state index contributed by atoms with van der Waals surface area (Å²) in [4.78, 5) is 13.4. The molecule has 1 aromatic heterocycles. The molecule has 1 unspecified atom stereocenters. The summed E-state index contributed by atoms with van der Waals surface area (Å²) in [5.41, 5.74) is 8.42. The van der Waals surface area contributed by atoms with E-state index < -0.39 is 0 Å². The van der Waals surface area contributed by atoms with E-state index in [1.165, 1.54) is 11.1 Å². The molecule has 2 N–H and O–H groups in total. The lowest BCUT2D eigenvalue weighted by atomic mass is 10.1. The standard InChI is InChI=1S/C17H23N5/c1-14(18)16-5-3-15(4-6-16)13-21-9-11-22(12-10-21)17-19-7-2-8-20-17/h2-8,14H,9-13,18H2,1H3. The molecule has 5 nitrogen and oxygen atoms in total. The summed E-state index contributed by atoms with van der Waals surface area (Å²) in [7, 11) is 0. The Morgan fingerprint density at radius 3 is 2.27 bits per heavy atom. The highest BCUT2D eigenvalue weighted by atomic mass is 15.3. The van der Waals surface area contributed by atoms with Crippen molar-refractivity contribution in [1.82, 2.24) is 14.9 Å². The number of piperazine rings is 1. The van der Waals surface area contributed by atoms with Gasteiger partial charge in [-0.05, 0) is 24.1 Å². The Kier molecular flexibility index (Phi) is 4.65. The normalized spacial score (nSPS) is 17.5. The summed E-state index contributed by atoms with van der Waals surface area (Å²) in [6.07, 6.45) is 3.60. The first kappa shape index (κ1) is 14.9. The lowest BCUT2D eigenvalue weighted by Gasteiger charge is -2.34. The number of benzene rings is 1. The highest BCUT2D eigenvalue weighted by Gasteiger charge is 2.18. The third kappa shape index (κ3) is 3.61. The van der Waals surface area contributed by atoms with Crippen LogP contribution in [0.3, 0.4) is 0 Å². The number of nitrogens with two attached hydrogens (primary N) is 1. The van der Waals surface area contributed by atoms with Gasteiger partial charge in [0, 0.05) is 51.2 Å². The lowest BCUT2D eigenvalue weighted by molar-refractivity contribution is 0.248. The summed E-state index contributed by atoms with van der Waals surface area (Å²) >= 11 is 0. The molecule has 0 saturated carbocycles. The van der Waals surface area contributed by atoms with E-state index in [1.807, 2.05) is 13.0 Å². The van der Waals surface area contributed by atoms with E-state index >= 15 is 0 Å². The van der Waals surface area contributed by atoms with Crippen LogP contribution in [0, 0.1) is 0 Å². The topological polar surface area (TPSA) is 58.3 Å². The Balaban J connectivity index is 1.53. The number of hydrogen-bond acceptors (Lipinski definition) is 5. The van der Waals surface area contributed by atoms with Gasteiger partial charge in [-0.25, -0.2) is 9.97 Å². The summed E-state index contributed by atoms with van der Waals surface area (Å²) < 4.78 is 0. The van der Waals surface area contributed by atoms with Crippen molar-refractivity contribution in [1.29, 1.82) is 0 Å². The van der Waals surface area contributed by atoms with E-state index in [1.54, 1.807) is 12.4 Å². The van der Waals surface area contributed by atoms with Gasteiger partial charge in [0.05, 0.1) is 0 Å². The maximum absolute atomic E-state index is 5.89. The number of nitrogens with zero attached hydrogens (tertiary/aromatic N) is 4. The molecule has 0 radical (unpaired) electrons. The van der Waals surface area contributed by atoms with Gasteiger partial charge in [-0.15, -0.1) is 0 Å². The highest BCUT2D eigenvalue weighted by molar-refractivity contribution is 5.29. The number of aromatic nitrogens is 2. The second-order valence-corrected chi connectivity index (χ2v) is 5.84. The fraction of sp³-hybridized carbons (Fsp3) is 0.412. The van der Waals surface area contributed by atoms with Gasteiger partial charge in [0.15, 0.2) is 0 Å². The van der Waals surface area contributed by atoms with Crippen molar-refractivity contribution in [3.05, 3.63) is 53.9 Å². The first-order chi connectivity index (χ1) is 10.7. The number of anilines is 1. The van der Waals surface area contributed by atoms with Gasteiger partial charge in [0.1, 0.15) is 0 Å². The van der Waals surface area contributed by atoms with E-state index in [2.05, 4.69) is 44.0 Å². The molecule has 1 aliphatic heterocycles. The van der Waals surface area contributed by atoms with Crippen LogP contribution in [0.1, 0.15) is 24.1 Å². The first-order valence-corrected chi connectivity index (χ1v) is 7.81. The van der Waals surface area contributed by atoms with Crippen LogP contribution in [0.25, 0.3) is 0 Å². The smallest absolute Gasteiger partial charge is 0.225 e. The predicted octanol–water partition coefficient (Wildman–Crippen LogP) is 1.82. The molecule has 1 saturated heterocycles. The molecule has 3 rings (SSSR count). The SMILES string of the molecule is CC(N)c1ccc(CN2CCN(c3ncccn3)CC2)cc1. The minimum atomic E-state index is 0.100. The summed E-state index contributed by atoms with van der Waals surface area (Å²) in [6, 6.07) is 10.6. The van der Waals surface area contributed by atoms with Crippen LogP contribution in [0.4, 0.5) is 5.95 Å². The van der Waals surface area contributed by atoms with E-state index in [0.717, 1.165) is 38.7 Å². The molecule has 0 bridgehead atoms. The van der Waals surface area contributed by atoms with E-state index in [0.29, 0.717) is 0 Å². The fourth-order valence-electron chi connectivity index (χ4n) is 2.75. The van der Waals surface area contributed by atoms with Crippen LogP contribution in [-0.2, 0) is 6.54 Å². The second kappa shape index (κ2) is 6.85. The van der Waals surface area contributed by atoms with Gasteiger partial charge >= 0.3 is 0 Å². The summed E-state index contributed by atoms with van der Waals surface area (Å²) in [6.45, 7) is 7.02. The second-order valence-electron chi connectivity index (χ2n) is 5.84. The Morgan fingerprint density at radius 1 is 1.05 bits per heavy atom. The van der Waals surface area contributed by atoms with Crippen molar-refractivity contribution in [3.8, 4) is 0 Å². The number of hydrogen-bond donors (Lipinski definition) is 1. The van der Waals surface area contributed by atoms with Gasteiger partial charge in [-0.1, -0.05) is 24.3 Å². The minimum Gasteiger partial charge on any atom is -0.338 e. The van der Waals surface area contributed by atoms with Crippen molar-refractivity contribution in [2.45, 2.75) is 19.5 Å². The van der Waals surface area contributed by atoms with Crippen LogP contribution in [0.5, 0.6) is 0 Å². The first-order valence-electron chi connectivity index (χ1n) is 7.81. The van der Waals surface area contributed by atoms with Crippen molar-refractivity contribution in [2.75, 3.05) is 31.1 Å². The molecule has 1 atom stereocenters. The van der Waals surface area contributed by atoms with Gasteiger partial charge in [0.2, 0.25) is 5.95 Å². The third-order valence-corrected chi connectivity index (χ3v) is 4.12. The average molecular weight is 297 g/mol. The van der Waals surface area contributed by atoms with Crippen LogP contribution in [0.2, 0.25) is 0 Å². The van der Waals surface area contributed by atoms with Crippen LogP contribution >= 0.6 is 0 Å². The third-order valence-electron chi connectivity index (χ3n) is 4.12. The summed E-state index contributed by atoms with van der Waals surface area (Å²) in [5.74, 6) is 0.837. The molecular weight excluding hydrogens is 274 g/mol. The maximum Gasteiger partial charge on any atom is 0.225 e. The molecule has 1 aliphatic rings.